The van der Waals surface area contributed by atoms with Gasteiger partial charge in [-0.1, -0.05) is 43.7 Å². The van der Waals surface area contributed by atoms with E-state index in [1.54, 1.807) is 7.11 Å². The maximum Gasteiger partial charge on any atom is 0.161 e. The Morgan fingerprint density at radius 3 is 2.58 bits per heavy atom. The number of methoxy groups -OCH3 is 1. The Kier molecular flexibility index (Phi) is 8.39. The van der Waals surface area contributed by atoms with Gasteiger partial charge in [0, 0.05) is 24.0 Å². The standard InChI is InChI=1S/C27H39NO3/c1-6-30-24-12-9-22(17-25(24)29-5)19-28-15-13-27(23-10-7-21(4)8-11-23)14-16-31-26(18-27)20(2)3/h7-12,17,20,26,28H,6,13-16,18-19H2,1-5H3/p+1/t26-,27-/m0/s1. The van der Waals surface area contributed by atoms with Crippen LogP contribution in [0.3, 0.4) is 0 Å². The van der Waals surface area contributed by atoms with Crippen molar-refractivity contribution in [2.24, 2.45) is 5.92 Å². The van der Waals surface area contributed by atoms with E-state index >= 15 is 0 Å². The highest BCUT2D eigenvalue weighted by Gasteiger charge is 2.39. The van der Waals surface area contributed by atoms with Crippen LogP contribution in [0.2, 0.25) is 0 Å². The first kappa shape index (κ1) is 23.6. The van der Waals surface area contributed by atoms with E-state index in [1.807, 2.05) is 13.0 Å². The van der Waals surface area contributed by atoms with E-state index in [2.05, 4.69) is 62.5 Å². The lowest BCUT2D eigenvalue weighted by atomic mass is 9.68. The van der Waals surface area contributed by atoms with E-state index in [9.17, 15) is 0 Å². The van der Waals surface area contributed by atoms with Gasteiger partial charge in [-0.15, -0.1) is 0 Å². The molecule has 1 fully saturated rings. The Balaban J connectivity index is 1.66. The van der Waals surface area contributed by atoms with Crippen LogP contribution >= 0.6 is 0 Å². The molecule has 2 N–H and O–H groups in total. The number of hydrogen-bond donors (Lipinski definition) is 1. The SMILES string of the molecule is CCOc1ccc(C[NH2+]CC[C@]2(c3ccc(C)cc3)CCO[C@H](C(C)C)C2)cc1OC. The van der Waals surface area contributed by atoms with Gasteiger partial charge in [0.1, 0.15) is 6.54 Å². The third-order valence-electron chi connectivity index (χ3n) is 6.65. The molecule has 4 nitrogen and oxygen atoms in total. The van der Waals surface area contributed by atoms with E-state index < -0.39 is 0 Å². The van der Waals surface area contributed by atoms with Crippen molar-refractivity contribution in [1.82, 2.24) is 0 Å². The number of benzene rings is 2. The first-order chi connectivity index (χ1) is 15.0. The minimum Gasteiger partial charge on any atom is -0.493 e. The fourth-order valence-electron chi connectivity index (χ4n) is 4.68. The van der Waals surface area contributed by atoms with Gasteiger partial charge in [0.05, 0.1) is 26.4 Å². The van der Waals surface area contributed by atoms with E-state index in [1.165, 1.54) is 16.7 Å². The molecule has 0 radical (unpaired) electrons. The van der Waals surface area contributed by atoms with Gasteiger partial charge in [-0.3, -0.25) is 0 Å². The maximum absolute atomic E-state index is 6.14. The molecule has 0 aliphatic carbocycles. The Hall–Kier alpha value is -2.04. The average molecular weight is 427 g/mol. The molecule has 3 rings (SSSR count). The van der Waals surface area contributed by atoms with E-state index in [4.69, 9.17) is 14.2 Å². The molecule has 2 aromatic carbocycles. The minimum absolute atomic E-state index is 0.202. The lowest BCUT2D eigenvalue weighted by Gasteiger charge is -2.42. The van der Waals surface area contributed by atoms with Crippen LogP contribution in [0.5, 0.6) is 11.5 Å². The van der Waals surface area contributed by atoms with Crippen LogP contribution in [0.25, 0.3) is 0 Å². The summed E-state index contributed by atoms with van der Waals surface area (Å²) in [5.41, 5.74) is 4.26. The molecule has 2 atom stereocenters. The predicted octanol–water partition coefficient (Wildman–Crippen LogP) is 4.63. The number of ether oxygens (including phenoxy) is 3. The lowest BCUT2D eigenvalue weighted by molar-refractivity contribution is -0.672. The summed E-state index contributed by atoms with van der Waals surface area (Å²) in [5, 5.41) is 2.42. The van der Waals surface area contributed by atoms with Crippen LogP contribution in [0.4, 0.5) is 0 Å². The summed E-state index contributed by atoms with van der Waals surface area (Å²) in [5.74, 6) is 2.17. The molecule has 2 aromatic rings. The van der Waals surface area contributed by atoms with Crippen molar-refractivity contribution in [2.75, 3.05) is 26.9 Å². The Morgan fingerprint density at radius 2 is 1.90 bits per heavy atom. The average Bonchev–Trinajstić information content (AvgIpc) is 2.78. The molecule has 170 valence electrons. The van der Waals surface area contributed by atoms with Crippen molar-refractivity contribution in [3.05, 3.63) is 59.2 Å². The van der Waals surface area contributed by atoms with Crippen molar-refractivity contribution in [3.63, 3.8) is 0 Å². The van der Waals surface area contributed by atoms with Gasteiger partial charge in [0.15, 0.2) is 11.5 Å². The van der Waals surface area contributed by atoms with Gasteiger partial charge in [-0.2, -0.15) is 0 Å². The summed E-state index contributed by atoms with van der Waals surface area (Å²) in [6.07, 6.45) is 3.71. The molecule has 4 heteroatoms. The summed E-state index contributed by atoms with van der Waals surface area (Å²) in [4.78, 5) is 0. The number of hydrogen-bond acceptors (Lipinski definition) is 3. The molecule has 0 spiro atoms. The monoisotopic (exact) mass is 426 g/mol. The largest absolute Gasteiger partial charge is 0.493 e. The second-order valence-electron chi connectivity index (χ2n) is 9.20. The fourth-order valence-corrected chi connectivity index (χ4v) is 4.68. The number of aryl methyl sites for hydroxylation is 1. The summed E-state index contributed by atoms with van der Waals surface area (Å²) in [6, 6.07) is 15.5. The highest BCUT2D eigenvalue weighted by molar-refractivity contribution is 5.42. The third-order valence-corrected chi connectivity index (χ3v) is 6.65. The van der Waals surface area contributed by atoms with E-state index in [0.717, 1.165) is 50.5 Å². The highest BCUT2D eigenvalue weighted by Crippen LogP contribution is 2.41. The molecule has 0 saturated carbocycles. The zero-order valence-electron chi connectivity index (χ0n) is 19.9. The quantitative estimate of drug-likeness (QED) is 0.564. The van der Waals surface area contributed by atoms with Crippen LogP contribution in [-0.2, 0) is 16.7 Å². The summed E-state index contributed by atoms with van der Waals surface area (Å²) >= 11 is 0. The third kappa shape index (κ3) is 6.02. The topological polar surface area (TPSA) is 44.3 Å². The van der Waals surface area contributed by atoms with Gasteiger partial charge in [-0.25, -0.2) is 0 Å². The minimum atomic E-state index is 0.202. The summed E-state index contributed by atoms with van der Waals surface area (Å²) < 4.78 is 17.3. The molecule has 1 heterocycles. The maximum atomic E-state index is 6.14. The molecular weight excluding hydrogens is 386 g/mol. The van der Waals surface area contributed by atoms with Gasteiger partial charge < -0.3 is 19.5 Å². The zero-order valence-corrected chi connectivity index (χ0v) is 19.9. The zero-order chi connectivity index (χ0) is 22.3. The Labute approximate surface area is 188 Å². The van der Waals surface area contributed by atoms with Gasteiger partial charge in [0.2, 0.25) is 0 Å². The number of quaternary nitrogens is 1. The normalized spacial score (nSPS) is 21.3. The van der Waals surface area contributed by atoms with Crippen molar-refractivity contribution in [1.29, 1.82) is 0 Å². The van der Waals surface area contributed by atoms with Crippen LogP contribution in [0, 0.1) is 12.8 Å². The van der Waals surface area contributed by atoms with Gasteiger partial charge in [0.25, 0.3) is 0 Å². The van der Waals surface area contributed by atoms with Crippen LogP contribution in [0.1, 0.15) is 56.7 Å². The van der Waals surface area contributed by atoms with Crippen LogP contribution < -0.4 is 14.8 Å². The first-order valence-corrected chi connectivity index (χ1v) is 11.8. The molecule has 1 aliphatic heterocycles. The molecule has 1 saturated heterocycles. The van der Waals surface area contributed by atoms with Gasteiger partial charge in [-0.05, 0) is 56.4 Å². The van der Waals surface area contributed by atoms with E-state index in [0.29, 0.717) is 18.6 Å². The van der Waals surface area contributed by atoms with Crippen molar-refractivity contribution < 1.29 is 19.5 Å². The number of rotatable bonds is 10. The molecule has 0 amide bonds. The highest BCUT2D eigenvalue weighted by atomic mass is 16.5. The van der Waals surface area contributed by atoms with E-state index in [-0.39, 0.29) is 5.41 Å². The van der Waals surface area contributed by atoms with Crippen molar-refractivity contribution in [3.8, 4) is 11.5 Å². The lowest BCUT2D eigenvalue weighted by Crippen LogP contribution is -2.83. The Bertz CT molecular complexity index is 818. The second kappa shape index (κ2) is 11.0. The molecule has 1 aliphatic rings. The molecule has 31 heavy (non-hydrogen) atoms. The molecular formula is C27H40NO3+. The predicted molar refractivity (Wildman–Crippen MR) is 126 cm³/mol. The fraction of sp³-hybridized carbons (Fsp3) is 0.556. The van der Waals surface area contributed by atoms with Gasteiger partial charge >= 0.3 is 0 Å². The molecule has 0 aromatic heterocycles. The summed E-state index contributed by atoms with van der Waals surface area (Å²) in [7, 11) is 1.70. The number of nitrogens with two attached hydrogens (primary N) is 1. The molecule has 0 bridgehead atoms. The smallest absolute Gasteiger partial charge is 0.161 e. The first-order valence-electron chi connectivity index (χ1n) is 11.8. The van der Waals surface area contributed by atoms with Crippen molar-refractivity contribution in [2.45, 2.75) is 65.0 Å². The van der Waals surface area contributed by atoms with Crippen molar-refractivity contribution >= 4 is 0 Å². The van der Waals surface area contributed by atoms with Crippen LogP contribution in [-0.4, -0.2) is 33.0 Å². The molecule has 0 unspecified atom stereocenters. The van der Waals surface area contributed by atoms with Crippen LogP contribution in [0.15, 0.2) is 42.5 Å². The summed E-state index contributed by atoms with van der Waals surface area (Å²) in [6.45, 7) is 12.2. The Morgan fingerprint density at radius 1 is 1.13 bits per heavy atom. The second-order valence-corrected chi connectivity index (χ2v) is 9.20.